The highest BCUT2D eigenvalue weighted by atomic mass is 16.7. The molecule has 14 nitrogen and oxygen atoms in total. The number of carbonyl (C=O) groups is 2. The fourth-order valence-corrected chi connectivity index (χ4v) is 6.14. The molecule has 0 spiro atoms. The zero-order chi connectivity index (χ0) is 26.6. The molecule has 5 rings (SSSR count). The Hall–Kier alpha value is -1.56. The van der Waals surface area contributed by atoms with E-state index in [1.807, 2.05) is 12.2 Å². The van der Waals surface area contributed by atoms with E-state index in [1.54, 1.807) is 0 Å². The maximum absolute atomic E-state index is 12.8. The lowest BCUT2D eigenvalue weighted by Crippen LogP contribution is -2.64. The normalized spacial score (nSPS) is 49.2. The van der Waals surface area contributed by atoms with E-state index in [0.717, 1.165) is 11.3 Å². The molecule has 0 aromatic heterocycles. The van der Waals surface area contributed by atoms with Gasteiger partial charge in [-0.25, -0.2) is 0 Å². The monoisotopic (exact) mass is 531 g/mol. The molecule has 2 bridgehead atoms. The average Bonchev–Trinajstić information content (AvgIpc) is 3.58. The summed E-state index contributed by atoms with van der Waals surface area (Å²) in [5, 5.41) is 70.4. The topological polar surface area (TPSA) is 216 Å². The van der Waals surface area contributed by atoms with E-state index in [0.29, 0.717) is 0 Å². The van der Waals surface area contributed by atoms with Crippen molar-refractivity contribution >= 4 is 11.8 Å². The molecule has 1 saturated carbocycles. The second kappa shape index (κ2) is 10.5. The zero-order valence-electron chi connectivity index (χ0n) is 19.8. The number of allylic oxidation sites excluding steroid dienone is 2. The van der Waals surface area contributed by atoms with E-state index in [1.165, 1.54) is 0 Å². The number of hydrogen-bond acceptors (Lipinski definition) is 13. The van der Waals surface area contributed by atoms with Crippen LogP contribution in [-0.2, 0) is 28.5 Å². The molecular formula is C23H33NO13. The number of amides is 2. The van der Waals surface area contributed by atoms with Gasteiger partial charge in [-0.15, -0.1) is 0 Å². The zero-order valence-corrected chi connectivity index (χ0v) is 19.8. The van der Waals surface area contributed by atoms with Crippen molar-refractivity contribution < 1.29 is 64.3 Å². The highest BCUT2D eigenvalue weighted by molar-refractivity contribution is 6.06. The number of aliphatic hydroxyl groups excluding tert-OH is 7. The van der Waals surface area contributed by atoms with E-state index >= 15 is 0 Å². The first-order valence-electron chi connectivity index (χ1n) is 12.4. The van der Waals surface area contributed by atoms with E-state index in [4.69, 9.17) is 18.9 Å². The van der Waals surface area contributed by atoms with Crippen molar-refractivity contribution in [3.63, 3.8) is 0 Å². The number of fused-ring (bicyclic) bond motifs is 5. The summed E-state index contributed by atoms with van der Waals surface area (Å²) in [6, 6.07) is 0. The number of rotatable bonds is 8. The standard InChI is InChI=1S/C23H33NO13/c25-6-10-14(27)15(28)17(30)23(35-10)37-19-11(7-26)36-22(18(31)16(19)29)34-4-3-24-20(32)12-8-1-2-9(5-8)13(12)21(24)33/h1-2,8-19,22-23,25-31H,3-7H2/t8-,9+,10-,11-,12+,13-,14+,15+,16-,17-,18-,19-,22-,23+/m1/s1. The van der Waals surface area contributed by atoms with Crippen molar-refractivity contribution in [1.82, 2.24) is 4.90 Å². The predicted octanol–water partition coefficient (Wildman–Crippen LogP) is -4.57. The van der Waals surface area contributed by atoms with Crippen molar-refractivity contribution in [3.05, 3.63) is 12.2 Å². The smallest absolute Gasteiger partial charge is 0.233 e. The number of aliphatic hydroxyl groups is 7. The molecule has 0 aromatic rings. The van der Waals surface area contributed by atoms with Crippen LogP contribution >= 0.6 is 0 Å². The van der Waals surface area contributed by atoms with Crippen molar-refractivity contribution in [1.29, 1.82) is 0 Å². The van der Waals surface area contributed by atoms with Gasteiger partial charge in [0.05, 0.1) is 38.2 Å². The van der Waals surface area contributed by atoms with Crippen LogP contribution in [0.3, 0.4) is 0 Å². The van der Waals surface area contributed by atoms with Gasteiger partial charge in [-0.1, -0.05) is 12.2 Å². The molecule has 3 heterocycles. The molecule has 14 heteroatoms. The van der Waals surface area contributed by atoms with Gasteiger partial charge in [0.1, 0.15) is 48.8 Å². The van der Waals surface area contributed by atoms with Gasteiger partial charge < -0.3 is 54.7 Å². The molecule has 4 fully saturated rings. The van der Waals surface area contributed by atoms with Crippen LogP contribution in [0.2, 0.25) is 0 Å². The minimum absolute atomic E-state index is 0.0681. The summed E-state index contributed by atoms with van der Waals surface area (Å²) in [7, 11) is 0. The third kappa shape index (κ3) is 4.53. The fraction of sp³-hybridized carbons (Fsp3) is 0.826. The van der Waals surface area contributed by atoms with E-state index in [9.17, 15) is 45.3 Å². The maximum Gasteiger partial charge on any atom is 0.233 e. The van der Waals surface area contributed by atoms with E-state index in [-0.39, 0.29) is 48.6 Å². The Balaban J connectivity index is 1.17. The van der Waals surface area contributed by atoms with Gasteiger partial charge >= 0.3 is 0 Å². The minimum Gasteiger partial charge on any atom is -0.394 e. The van der Waals surface area contributed by atoms with Gasteiger partial charge in [0.15, 0.2) is 12.6 Å². The third-order valence-corrected chi connectivity index (χ3v) is 8.12. The van der Waals surface area contributed by atoms with Crippen molar-refractivity contribution in [3.8, 4) is 0 Å². The number of hydrogen-bond donors (Lipinski definition) is 7. The molecule has 2 aliphatic carbocycles. The molecule has 14 atom stereocenters. The lowest BCUT2D eigenvalue weighted by molar-refractivity contribution is -0.359. The SMILES string of the molecule is O=C1[C@@H]2[C@H](C(=O)N1CCO[C@@H]1O[C@H](CO)[C@@H](O[C@@H]3O[C@H](CO)[C@H](O)[C@H](O)[C@H]3O)[C@H](O)[C@H]1O)[C@H]1C=C[C@@H]2C1. The highest BCUT2D eigenvalue weighted by Crippen LogP contribution is 2.52. The second-order valence-corrected chi connectivity index (χ2v) is 10.2. The minimum atomic E-state index is -1.77. The van der Waals surface area contributed by atoms with Gasteiger partial charge in [0.2, 0.25) is 11.8 Å². The molecule has 37 heavy (non-hydrogen) atoms. The Morgan fingerprint density at radius 3 is 1.95 bits per heavy atom. The van der Waals surface area contributed by atoms with Gasteiger partial charge in [0, 0.05) is 0 Å². The highest BCUT2D eigenvalue weighted by Gasteiger charge is 2.59. The molecule has 0 unspecified atom stereocenters. The van der Waals surface area contributed by atoms with Crippen LogP contribution < -0.4 is 0 Å². The number of nitrogens with zero attached hydrogens (tertiary/aromatic N) is 1. The lowest BCUT2D eigenvalue weighted by Gasteiger charge is -2.46. The number of carbonyl (C=O) groups excluding carboxylic acids is 2. The molecule has 5 aliphatic rings. The molecule has 0 aromatic carbocycles. The molecule has 3 aliphatic heterocycles. The second-order valence-electron chi connectivity index (χ2n) is 10.2. The van der Waals surface area contributed by atoms with Crippen LogP contribution in [0.15, 0.2) is 12.2 Å². The first kappa shape index (κ1) is 27.0. The number of ether oxygens (including phenoxy) is 4. The van der Waals surface area contributed by atoms with Crippen LogP contribution in [0.4, 0.5) is 0 Å². The van der Waals surface area contributed by atoms with E-state index in [2.05, 4.69) is 0 Å². The molecular weight excluding hydrogens is 498 g/mol. The first-order valence-corrected chi connectivity index (χ1v) is 12.4. The van der Waals surface area contributed by atoms with Crippen LogP contribution in [0.1, 0.15) is 6.42 Å². The molecule has 3 saturated heterocycles. The number of imide groups is 1. The fourth-order valence-electron chi connectivity index (χ4n) is 6.14. The van der Waals surface area contributed by atoms with Crippen LogP contribution in [0.5, 0.6) is 0 Å². The summed E-state index contributed by atoms with van der Waals surface area (Å²) in [5.41, 5.74) is 0. The molecule has 7 N–H and O–H groups in total. The third-order valence-electron chi connectivity index (χ3n) is 8.12. The first-order chi connectivity index (χ1) is 17.7. The lowest BCUT2D eigenvalue weighted by atomic mass is 9.85. The summed E-state index contributed by atoms with van der Waals surface area (Å²) < 4.78 is 21.8. The largest absolute Gasteiger partial charge is 0.394 e. The Labute approximate surface area is 211 Å². The summed E-state index contributed by atoms with van der Waals surface area (Å²) in [6.07, 6.45) is -10.8. The summed E-state index contributed by atoms with van der Waals surface area (Å²) in [4.78, 5) is 26.7. The molecule has 0 radical (unpaired) electrons. The summed E-state index contributed by atoms with van der Waals surface area (Å²) >= 11 is 0. The summed E-state index contributed by atoms with van der Waals surface area (Å²) in [6.45, 7) is -1.66. The predicted molar refractivity (Wildman–Crippen MR) is 117 cm³/mol. The Morgan fingerprint density at radius 1 is 0.784 bits per heavy atom. The Kier molecular flexibility index (Phi) is 7.70. The molecule has 208 valence electrons. The van der Waals surface area contributed by atoms with Gasteiger partial charge in [0.25, 0.3) is 0 Å². The Bertz CT molecular complexity index is 868. The van der Waals surface area contributed by atoms with Crippen LogP contribution in [0.25, 0.3) is 0 Å². The van der Waals surface area contributed by atoms with Gasteiger partial charge in [-0.3, -0.25) is 14.5 Å². The van der Waals surface area contributed by atoms with Crippen molar-refractivity contribution in [2.75, 3.05) is 26.4 Å². The quantitative estimate of drug-likeness (QED) is 0.116. The maximum atomic E-state index is 12.8. The van der Waals surface area contributed by atoms with Crippen LogP contribution in [0, 0.1) is 23.7 Å². The van der Waals surface area contributed by atoms with Gasteiger partial charge in [-0.05, 0) is 18.3 Å². The van der Waals surface area contributed by atoms with Crippen LogP contribution in [-0.4, -0.2) is 140 Å². The number of likely N-dealkylation sites (tertiary alicyclic amines) is 1. The van der Waals surface area contributed by atoms with Crippen molar-refractivity contribution in [2.45, 2.75) is 67.8 Å². The molecule has 2 amide bonds. The van der Waals surface area contributed by atoms with E-state index < -0.39 is 74.6 Å². The Morgan fingerprint density at radius 2 is 1.35 bits per heavy atom. The van der Waals surface area contributed by atoms with Gasteiger partial charge in [-0.2, -0.15) is 0 Å². The average molecular weight is 532 g/mol. The summed E-state index contributed by atoms with van der Waals surface area (Å²) in [5.74, 6) is -1.05. The van der Waals surface area contributed by atoms with Crippen molar-refractivity contribution in [2.24, 2.45) is 23.7 Å².